The first-order valence-corrected chi connectivity index (χ1v) is 7.52. The van der Waals surface area contributed by atoms with Crippen LogP contribution >= 0.6 is 0 Å². The van der Waals surface area contributed by atoms with Crippen LogP contribution in [0.3, 0.4) is 0 Å². The molecule has 4 heteroatoms. The maximum atomic E-state index is 12.2. The van der Waals surface area contributed by atoms with E-state index in [-0.39, 0.29) is 5.91 Å². The van der Waals surface area contributed by atoms with Gasteiger partial charge in [0.15, 0.2) is 0 Å². The number of fused-ring (bicyclic) bond motifs is 1. The average molecular weight is 275 g/mol. The molecule has 1 N–H and O–H groups in total. The average Bonchev–Trinajstić information content (AvgIpc) is 2.47. The third-order valence-corrected chi connectivity index (χ3v) is 3.97. The highest BCUT2D eigenvalue weighted by Gasteiger charge is 2.18. The summed E-state index contributed by atoms with van der Waals surface area (Å²) in [4.78, 5) is 16.2. The van der Waals surface area contributed by atoms with Crippen molar-refractivity contribution in [1.82, 2.24) is 4.90 Å². The van der Waals surface area contributed by atoms with Crippen molar-refractivity contribution in [3.63, 3.8) is 0 Å². The molecule has 0 bridgehead atoms. The van der Waals surface area contributed by atoms with Crippen LogP contribution in [0.25, 0.3) is 0 Å². The molecule has 1 aliphatic rings. The minimum absolute atomic E-state index is 0.193. The number of hydrogen-bond acceptors (Lipinski definition) is 3. The first kappa shape index (κ1) is 14.7. The molecular formula is C16H25N3O. The van der Waals surface area contributed by atoms with Crippen LogP contribution in [-0.2, 0) is 11.2 Å². The molecule has 0 fully saturated rings. The largest absolute Gasteiger partial charge is 0.385 e. The summed E-state index contributed by atoms with van der Waals surface area (Å²) in [6, 6.07) is 6.30. The highest BCUT2D eigenvalue weighted by Crippen LogP contribution is 2.30. The Labute approximate surface area is 121 Å². The fourth-order valence-corrected chi connectivity index (χ4v) is 2.81. The van der Waals surface area contributed by atoms with Gasteiger partial charge >= 0.3 is 0 Å². The molecule has 0 saturated heterocycles. The molecule has 0 spiro atoms. The SMILES string of the molecule is CCN(CC)C(=O)CN(C)c1cccc2c1CCCN2. The summed E-state index contributed by atoms with van der Waals surface area (Å²) in [7, 11) is 2.01. The number of amides is 1. The number of hydrogen-bond donors (Lipinski definition) is 1. The number of anilines is 2. The van der Waals surface area contributed by atoms with Gasteiger partial charge in [-0.3, -0.25) is 4.79 Å². The number of likely N-dealkylation sites (N-methyl/N-ethyl adjacent to an activating group) is 2. The zero-order valence-electron chi connectivity index (χ0n) is 12.8. The topological polar surface area (TPSA) is 35.6 Å². The molecule has 1 amide bonds. The molecule has 0 saturated carbocycles. The summed E-state index contributed by atoms with van der Waals surface area (Å²) in [5, 5.41) is 3.43. The second-order valence-corrected chi connectivity index (χ2v) is 5.26. The number of benzene rings is 1. The van der Waals surface area contributed by atoms with Gasteiger partial charge in [0.1, 0.15) is 0 Å². The standard InChI is InChI=1S/C16H25N3O/c1-4-19(5-2)16(20)12-18(3)15-10-6-9-14-13(15)8-7-11-17-14/h6,9-10,17H,4-5,7-8,11-12H2,1-3H3. The normalized spacial score (nSPS) is 13.3. The molecule has 0 atom stereocenters. The lowest BCUT2D eigenvalue weighted by Gasteiger charge is -2.28. The van der Waals surface area contributed by atoms with Gasteiger partial charge in [-0.05, 0) is 44.4 Å². The monoisotopic (exact) mass is 275 g/mol. The number of carbonyl (C=O) groups excluding carboxylic acids is 1. The lowest BCUT2D eigenvalue weighted by Crippen LogP contribution is -2.39. The van der Waals surface area contributed by atoms with Crippen molar-refractivity contribution >= 4 is 17.3 Å². The van der Waals surface area contributed by atoms with Gasteiger partial charge in [-0.25, -0.2) is 0 Å². The van der Waals surface area contributed by atoms with Crippen LogP contribution < -0.4 is 10.2 Å². The van der Waals surface area contributed by atoms with Gasteiger partial charge in [0.2, 0.25) is 5.91 Å². The number of nitrogens with zero attached hydrogens (tertiary/aromatic N) is 2. The van der Waals surface area contributed by atoms with E-state index in [0.29, 0.717) is 6.54 Å². The Bertz CT molecular complexity index is 469. The molecule has 0 unspecified atom stereocenters. The molecule has 1 aromatic rings. The molecule has 1 aromatic carbocycles. The quantitative estimate of drug-likeness (QED) is 0.896. The lowest BCUT2D eigenvalue weighted by atomic mass is 10.0. The summed E-state index contributed by atoms with van der Waals surface area (Å²) >= 11 is 0. The van der Waals surface area contributed by atoms with Crippen molar-refractivity contribution in [1.29, 1.82) is 0 Å². The smallest absolute Gasteiger partial charge is 0.242 e. The van der Waals surface area contributed by atoms with E-state index >= 15 is 0 Å². The number of nitrogens with one attached hydrogen (secondary N) is 1. The maximum Gasteiger partial charge on any atom is 0.242 e. The van der Waals surface area contributed by atoms with E-state index in [4.69, 9.17) is 0 Å². The molecular weight excluding hydrogens is 250 g/mol. The van der Waals surface area contributed by atoms with Gasteiger partial charge in [-0.1, -0.05) is 6.07 Å². The van der Waals surface area contributed by atoms with Crippen LogP contribution in [0.4, 0.5) is 11.4 Å². The molecule has 0 aromatic heterocycles. The van der Waals surface area contributed by atoms with Crippen molar-refractivity contribution in [2.45, 2.75) is 26.7 Å². The Kier molecular flexibility index (Phi) is 4.88. The maximum absolute atomic E-state index is 12.2. The summed E-state index contributed by atoms with van der Waals surface area (Å²) < 4.78 is 0. The van der Waals surface area contributed by atoms with Gasteiger partial charge in [0.25, 0.3) is 0 Å². The van der Waals surface area contributed by atoms with Gasteiger partial charge in [-0.2, -0.15) is 0 Å². The molecule has 1 heterocycles. The molecule has 0 radical (unpaired) electrons. The Hall–Kier alpha value is -1.71. The third-order valence-electron chi connectivity index (χ3n) is 3.97. The molecule has 110 valence electrons. The van der Waals surface area contributed by atoms with Crippen LogP contribution in [0, 0.1) is 0 Å². The molecule has 0 aliphatic carbocycles. The van der Waals surface area contributed by atoms with Gasteiger partial charge < -0.3 is 15.1 Å². The fraction of sp³-hybridized carbons (Fsp3) is 0.562. The predicted molar refractivity (Wildman–Crippen MR) is 84.5 cm³/mol. The first-order chi connectivity index (χ1) is 9.67. The van der Waals surface area contributed by atoms with E-state index in [1.54, 1.807) is 0 Å². The highest BCUT2D eigenvalue weighted by molar-refractivity contribution is 5.82. The van der Waals surface area contributed by atoms with E-state index in [1.165, 1.54) is 16.9 Å². The predicted octanol–water partition coefficient (Wildman–Crippen LogP) is 2.35. The van der Waals surface area contributed by atoms with Crippen LogP contribution in [-0.4, -0.2) is 44.0 Å². The summed E-state index contributed by atoms with van der Waals surface area (Å²) in [5.74, 6) is 0.193. The van der Waals surface area contributed by atoms with E-state index in [1.807, 2.05) is 25.8 Å². The van der Waals surface area contributed by atoms with Crippen LogP contribution in [0.5, 0.6) is 0 Å². The zero-order valence-corrected chi connectivity index (χ0v) is 12.8. The van der Waals surface area contributed by atoms with Crippen molar-refractivity contribution in [2.24, 2.45) is 0 Å². The first-order valence-electron chi connectivity index (χ1n) is 7.52. The van der Waals surface area contributed by atoms with Crippen LogP contribution in [0.1, 0.15) is 25.8 Å². The van der Waals surface area contributed by atoms with Crippen molar-refractivity contribution < 1.29 is 4.79 Å². The van der Waals surface area contributed by atoms with Gasteiger partial charge in [0, 0.05) is 38.1 Å². The lowest BCUT2D eigenvalue weighted by molar-refractivity contribution is -0.129. The highest BCUT2D eigenvalue weighted by atomic mass is 16.2. The Morgan fingerprint density at radius 2 is 2.05 bits per heavy atom. The summed E-state index contributed by atoms with van der Waals surface area (Å²) in [5.41, 5.74) is 3.74. The van der Waals surface area contributed by atoms with E-state index in [2.05, 4.69) is 28.4 Å². The Morgan fingerprint density at radius 3 is 2.75 bits per heavy atom. The molecule has 4 nitrogen and oxygen atoms in total. The van der Waals surface area contributed by atoms with Crippen molar-refractivity contribution in [2.75, 3.05) is 43.4 Å². The van der Waals surface area contributed by atoms with Crippen LogP contribution in [0.2, 0.25) is 0 Å². The second kappa shape index (κ2) is 6.64. The minimum atomic E-state index is 0.193. The van der Waals surface area contributed by atoms with E-state index in [9.17, 15) is 4.79 Å². The van der Waals surface area contributed by atoms with Crippen molar-refractivity contribution in [3.8, 4) is 0 Å². The molecule has 20 heavy (non-hydrogen) atoms. The second-order valence-electron chi connectivity index (χ2n) is 5.26. The van der Waals surface area contributed by atoms with E-state index < -0.39 is 0 Å². The third kappa shape index (κ3) is 3.06. The Morgan fingerprint density at radius 1 is 1.30 bits per heavy atom. The fourth-order valence-electron chi connectivity index (χ4n) is 2.81. The van der Waals surface area contributed by atoms with Crippen LogP contribution in [0.15, 0.2) is 18.2 Å². The number of carbonyl (C=O) groups is 1. The minimum Gasteiger partial charge on any atom is -0.385 e. The summed E-state index contributed by atoms with van der Waals surface area (Å²) in [6.45, 7) is 7.08. The molecule has 1 aliphatic heterocycles. The zero-order chi connectivity index (χ0) is 14.5. The van der Waals surface area contributed by atoms with E-state index in [0.717, 1.165) is 32.5 Å². The molecule has 2 rings (SSSR count). The van der Waals surface area contributed by atoms with Crippen molar-refractivity contribution in [3.05, 3.63) is 23.8 Å². The number of rotatable bonds is 5. The summed E-state index contributed by atoms with van der Waals surface area (Å²) in [6.07, 6.45) is 2.24. The van der Waals surface area contributed by atoms with Gasteiger partial charge in [-0.15, -0.1) is 0 Å². The Balaban J connectivity index is 2.13. The van der Waals surface area contributed by atoms with Gasteiger partial charge in [0.05, 0.1) is 6.54 Å².